The van der Waals surface area contributed by atoms with Gasteiger partial charge in [-0.15, -0.1) is 11.3 Å². The highest BCUT2D eigenvalue weighted by atomic mass is 32.1. The third kappa shape index (κ3) is 3.89. The van der Waals surface area contributed by atoms with Crippen LogP contribution in [0.15, 0.2) is 53.9 Å². The van der Waals surface area contributed by atoms with Crippen LogP contribution >= 0.6 is 11.3 Å². The molecule has 0 saturated carbocycles. The van der Waals surface area contributed by atoms with Gasteiger partial charge in [-0.05, 0) is 66.2 Å². The van der Waals surface area contributed by atoms with Crippen LogP contribution in [0.3, 0.4) is 0 Å². The van der Waals surface area contributed by atoms with Crippen LogP contribution in [0.2, 0.25) is 0 Å². The van der Waals surface area contributed by atoms with Gasteiger partial charge in [0.15, 0.2) is 11.5 Å². The summed E-state index contributed by atoms with van der Waals surface area (Å²) in [5.41, 5.74) is 3.12. The van der Waals surface area contributed by atoms with Gasteiger partial charge in [0.05, 0.1) is 19.1 Å². The maximum Gasteiger partial charge on any atom is 0.268 e. The third-order valence-electron chi connectivity index (χ3n) is 5.08. The zero-order valence-electron chi connectivity index (χ0n) is 16.8. The SMILES string of the molecule is COc1ccc(C(=O)Nc2ccc3c(c2)CCCN3C(=O)c2cccs2)cc1OC. The number of aryl methyl sites for hydroxylation is 1. The van der Waals surface area contributed by atoms with E-state index in [9.17, 15) is 9.59 Å². The second-order valence-corrected chi connectivity index (χ2v) is 7.85. The molecule has 0 fully saturated rings. The Morgan fingerprint density at radius 1 is 1.03 bits per heavy atom. The highest BCUT2D eigenvalue weighted by Gasteiger charge is 2.24. The maximum absolute atomic E-state index is 12.8. The van der Waals surface area contributed by atoms with E-state index in [0.29, 0.717) is 29.3 Å². The molecule has 7 heteroatoms. The molecule has 1 aliphatic heterocycles. The summed E-state index contributed by atoms with van der Waals surface area (Å²) in [4.78, 5) is 28.1. The van der Waals surface area contributed by atoms with Crippen molar-refractivity contribution in [3.05, 3.63) is 69.9 Å². The number of anilines is 2. The Labute approximate surface area is 179 Å². The number of hydrogen-bond donors (Lipinski definition) is 1. The molecule has 2 aromatic carbocycles. The third-order valence-corrected chi connectivity index (χ3v) is 5.94. The summed E-state index contributed by atoms with van der Waals surface area (Å²) in [7, 11) is 3.09. The first-order valence-corrected chi connectivity index (χ1v) is 10.5. The molecule has 1 aromatic heterocycles. The summed E-state index contributed by atoms with van der Waals surface area (Å²) in [6, 6.07) is 14.5. The van der Waals surface area contributed by atoms with Crippen molar-refractivity contribution in [2.45, 2.75) is 12.8 Å². The second kappa shape index (κ2) is 8.59. The zero-order chi connectivity index (χ0) is 21.1. The van der Waals surface area contributed by atoms with Gasteiger partial charge in [-0.2, -0.15) is 0 Å². The van der Waals surface area contributed by atoms with E-state index in [4.69, 9.17) is 9.47 Å². The largest absolute Gasteiger partial charge is 0.493 e. The number of benzene rings is 2. The number of ether oxygens (including phenoxy) is 2. The van der Waals surface area contributed by atoms with Crippen molar-refractivity contribution >= 4 is 34.5 Å². The van der Waals surface area contributed by atoms with Crippen LogP contribution in [-0.4, -0.2) is 32.6 Å². The van der Waals surface area contributed by atoms with E-state index < -0.39 is 0 Å². The van der Waals surface area contributed by atoms with E-state index in [0.717, 1.165) is 29.0 Å². The van der Waals surface area contributed by atoms with Crippen LogP contribution in [0.1, 0.15) is 32.0 Å². The van der Waals surface area contributed by atoms with E-state index in [-0.39, 0.29) is 11.8 Å². The zero-order valence-corrected chi connectivity index (χ0v) is 17.6. The Hall–Kier alpha value is -3.32. The summed E-state index contributed by atoms with van der Waals surface area (Å²) >= 11 is 1.45. The van der Waals surface area contributed by atoms with Crippen LogP contribution in [0.5, 0.6) is 11.5 Å². The number of fused-ring (bicyclic) bond motifs is 1. The standard InChI is InChI=1S/C23H22N2O4S/c1-28-19-10-7-16(14-20(19)29-2)22(26)24-17-8-9-18-15(13-17)5-3-11-25(18)23(27)21-6-4-12-30-21/h4,6-10,12-14H,3,5,11H2,1-2H3,(H,24,26). The van der Waals surface area contributed by atoms with Gasteiger partial charge in [0.25, 0.3) is 11.8 Å². The first-order valence-electron chi connectivity index (χ1n) is 9.62. The minimum atomic E-state index is -0.238. The fourth-order valence-corrected chi connectivity index (χ4v) is 4.27. The molecule has 0 spiro atoms. The van der Waals surface area contributed by atoms with Gasteiger partial charge in [-0.1, -0.05) is 6.07 Å². The highest BCUT2D eigenvalue weighted by Crippen LogP contribution is 2.32. The van der Waals surface area contributed by atoms with Crippen molar-refractivity contribution in [2.75, 3.05) is 31.0 Å². The lowest BCUT2D eigenvalue weighted by Gasteiger charge is -2.29. The summed E-state index contributed by atoms with van der Waals surface area (Å²) < 4.78 is 10.5. The van der Waals surface area contributed by atoms with Crippen LogP contribution in [0.4, 0.5) is 11.4 Å². The molecule has 1 aliphatic rings. The van der Waals surface area contributed by atoms with Crippen molar-refractivity contribution in [2.24, 2.45) is 0 Å². The number of rotatable bonds is 5. The Kier molecular flexibility index (Phi) is 5.72. The Morgan fingerprint density at radius 3 is 2.60 bits per heavy atom. The lowest BCUT2D eigenvalue weighted by Crippen LogP contribution is -2.35. The van der Waals surface area contributed by atoms with Gasteiger partial charge >= 0.3 is 0 Å². The molecule has 0 aliphatic carbocycles. The number of carbonyl (C=O) groups is 2. The minimum Gasteiger partial charge on any atom is -0.493 e. The van der Waals surface area contributed by atoms with Gasteiger partial charge in [-0.3, -0.25) is 9.59 Å². The van der Waals surface area contributed by atoms with E-state index in [2.05, 4.69) is 5.32 Å². The van der Waals surface area contributed by atoms with Gasteiger partial charge in [-0.25, -0.2) is 0 Å². The number of hydrogen-bond acceptors (Lipinski definition) is 5. The number of nitrogens with one attached hydrogen (secondary N) is 1. The molecule has 3 aromatic rings. The molecule has 2 heterocycles. The lowest BCUT2D eigenvalue weighted by molar-refractivity contribution is 0.0987. The van der Waals surface area contributed by atoms with Gasteiger partial charge < -0.3 is 19.7 Å². The van der Waals surface area contributed by atoms with Gasteiger partial charge in [0.2, 0.25) is 0 Å². The molecule has 0 bridgehead atoms. The fraction of sp³-hybridized carbons (Fsp3) is 0.217. The van der Waals surface area contributed by atoms with Gasteiger partial charge in [0.1, 0.15) is 0 Å². The summed E-state index contributed by atoms with van der Waals surface area (Å²) in [5.74, 6) is 0.850. The molecule has 0 radical (unpaired) electrons. The van der Waals surface area contributed by atoms with Crippen LogP contribution in [-0.2, 0) is 6.42 Å². The van der Waals surface area contributed by atoms with Crippen molar-refractivity contribution in [3.63, 3.8) is 0 Å². The molecular formula is C23H22N2O4S. The normalized spacial score (nSPS) is 12.8. The number of carbonyl (C=O) groups excluding carboxylic acids is 2. The predicted molar refractivity (Wildman–Crippen MR) is 118 cm³/mol. The Balaban J connectivity index is 1.54. The smallest absolute Gasteiger partial charge is 0.268 e. The lowest BCUT2D eigenvalue weighted by atomic mass is 10.0. The number of methoxy groups -OCH3 is 2. The summed E-state index contributed by atoms with van der Waals surface area (Å²) in [5, 5.41) is 4.84. The molecule has 6 nitrogen and oxygen atoms in total. The molecule has 0 saturated heterocycles. The molecule has 1 N–H and O–H groups in total. The predicted octanol–water partition coefficient (Wildman–Crippen LogP) is 4.61. The van der Waals surface area contributed by atoms with E-state index >= 15 is 0 Å². The Morgan fingerprint density at radius 2 is 1.87 bits per heavy atom. The van der Waals surface area contributed by atoms with Crippen molar-refractivity contribution in [1.29, 1.82) is 0 Å². The van der Waals surface area contributed by atoms with E-state index in [1.54, 1.807) is 25.3 Å². The molecule has 0 atom stereocenters. The fourth-order valence-electron chi connectivity index (χ4n) is 3.60. The van der Waals surface area contributed by atoms with Crippen LogP contribution in [0, 0.1) is 0 Å². The van der Waals surface area contributed by atoms with Crippen LogP contribution < -0.4 is 19.7 Å². The van der Waals surface area contributed by atoms with Crippen molar-refractivity contribution in [1.82, 2.24) is 0 Å². The molecule has 0 unspecified atom stereocenters. The Bertz CT molecular complexity index is 1080. The quantitative estimate of drug-likeness (QED) is 0.652. The van der Waals surface area contributed by atoms with Crippen LogP contribution in [0.25, 0.3) is 0 Å². The number of thiophene rings is 1. The second-order valence-electron chi connectivity index (χ2n) is 6.91. The van der Waals surface area contributed by atoms with E-state index in [1.165, 1.54) is 18.4 Å². The minimum absolute atomic E-state index is 0.0214. The molecule has 2 amide bonds. The summed E-state index contributed by atoms with van der Waals surface area (Å²) in [6.07, 6.45) is 1.75. The first kappa shape index (κ1) is 20.0. The van der Waals surface area contributed by atoms with Crippen molar-refractivity contribution < 1.29 is 19.1 Å². The topological polar surface area (TPSA) is 67.9 Å². The molecule has 154 valence electrons. The first-order chi connectivity index (χ1) is 14.6. The van der Waals surface area contributed by atoms with E-state index in [1.807, 2.05) is 40.6 Å². The van der Waals surface area contributed by atoms with Gasteiger partial charge in [0, 0.05) is 23.5 Å². The monoisotopic (exact) mass is 422 g/mol. The number of nitrogens with zero attached hydrogens (tertiary/aromatic N) is 1. The average Bonchev–Trinajstić information content (AvgIpc) is 3.32. The molecule has 4 rings (SSSR count). The van der Waals surface area contributed by atoms with Crippen molar-refractivity contribution in [3.8, 4) is 11.5 Å². The number of amides is 2. The molecular weight excluding hydrogens is 400 g/mol. The molecule has 30 heavy (non-hydrogen) atoms. The maximum atomic E-state index is 12.8. The summed E-state index contributed by atoms with van der Waals surface area (Å²) in [6.45, 7) is 0.696. The highest BCUT2D eigenvalue weighted by molar-refractivity contribution is 7.12. The average molecular weight is 423 g/mol.